The van der Waals surface area contributed by atoms with Gasteiger partial charge in [-0.2, -0.15) is 0 Å². The number of amides is 1. The van der Waals surface area contributed by atoms with Gasteiger partial charge in [-0.15, -0.1) is 0 Å². The Bertz CT molecular complexity index is 441. The zero-order chi connectivity index (χ0) is 14.4. The minimum atomic E-state index is -0.942. The highest BCUT2D eigenvalue weighted by molar-refractivity contribution is 5.87. The number of aromatic carboxylic acids is 1. The highest BCUT2D eigenvalue weighted by Gasteiger charge is 2.11. The van der Waals surface area contributed by atoms with Gasteiger partial charge in [0.2, 0.25) is 5.91 Å². The summed E-state index contributed by atoms with van der Waals surface area (Å²) in [7, 11) is 0. The van der Waals surface area contributed by atoms with Gasteiger partial charge in [0, 0.05) is 13.1 Å². The molecule has 0 saturated heterocycles. The first kappa shape index (κ1) is 15.2. The predicted molar refractivity (Wildman–Crippen MR) is 72.7 cm³/mol. The van der Waals surface area contributed by atoms with Crippen LogP contribution in [0.15, 0.2) is 24.3 Å². The van der Waals surface area contributed by atoms with Gasteiger partial charge in [-0.1, -0.05) is 26.0 Å². The Morgan fingerprint density at radius 1 is 1.26 bits per heavy atom. The summed E-state index contributed by atoms with van der Waals surface area (Å²) in [6, 6.07) is 6.65. The third-order valence-electron chi connectivity index (χ3n) is 2.61. The number of nitrogens with zero attached hydrogens (tertiary/aromatic N) is 1. The summed E-state index contributed by atoms with van der Waals surface area (Å²) >= 11 is 0. The third-order valence-corrected chi connectivity index (χ3v) is 2.61. The molecular formula is C14H20N2O3. The van der Waals surface area contributed by atoms with Crippen LogP contribution >= 0.6 is 0 Å². The molecule has 0 fully saturated rings. The molecule has 3 N–H and O–H groups in total. The lowest BCUT2D eigenvalue weighted by Crippen LogP contribution is -2.35. The number of primary amides is 1. The Hall–Kier alpha value is -1.88. The molecule has 1 amide bonds. The van der Waals surface area contributed by atoms with E-state index in [2.05, 4.69) is 13.8 Å². The first-order valence-corrected chi connectivity index (χ1v) is 6.21. The summed E-state index contributed by atoms with van der Waals surface area (Å²) in [6.07, 6.45) is 0. The van der Waals surface area contributed by atoms with Gasteiger partial charge in [-0.25, -0.2) is 4.79 Å². The van der Waals surface area contributed by atoms with Crippen LogP contribution in [0.4, 0.5) is 0 Å². The molecule has 1 rings (SSSR count). The molecule has 0 atom stereocenters. The highest BCUT2D eigenvalue weighted by Crippen LogP contribution is 2.09. The van der Waals surface area contributed by atoms with E-state index in [4.69, 9.17) is 10.8 Å². The predicted octanol–water partition coefficient (Wildman–Crippen LogP) is 1.33. The van der Waals surface area contributed by atoms with Crippen molar-refractivity contribution in [2.75, 3.05) is 13.1 Å². The molecule has 0 aliphatic carbocycles. The number of carboxylic acid groups (broad SMARTS) is 1. The van der Waals surface area contributed by atoms with Crippen LogP contribution in [0.25, 0.3) is 0 Å². The summed E-state index contributed by atoms with van der Waals surface area (Å²) in [5.41, 5.74) is 6.45. The van der Waals surface area contributed by atoms with E-state index < -0.39 is 5.97 Å². The van der Waals surface area contributed by atoms with Crippen LogP contribution in [-0.4, -0.2) is 35.0 Å². The van der Waals surface area contributed by atoms with E-state index in [9.17, 15) is 9.59 Å². The van der Waals surface area contributed by atoms with E-state index in [0.717, 1.165) is 12.1 Å². The van der Waals surface area contributed by atoms with Crippen molar-refractivity contribution in [2.45, 2.75) is 20.4 Å². The van der Waals surface area contributed by atoms with Gasteiger partial charge in [0.25, 0.3) is 0 Å². The minimum absolute atomic E-state index is 0.207. The first-order valence-electron chi connectivity index (χ1n) is 6.21. The number of carboxylic acids is 1. The smallest absolute Gasteiger partial charge is 0.335 e. The number of hydrogen-bond donors (Lipinski definition) is 2. The Kier molecular flexibility index (Phi) is 5.51. The van der Waals surface area contributed by atoms with Crippen molar-refractivity contribution in [3.8, 4) is 0 Å². The standard InChI is InChI=1S/C14H20N2O3/c1-10(2)7-16(9-13(15)17)8-11-3-5-12(6-4-11)14(18)19/h3-6,10H,7-9H2,1-2H3,(H2,15,17)(H,18,19). The summed E-state index contributed by atoms with van der Waals surface area (Å²) in [6.45, 7) is 5.70. The summed E-state index contributed by atoms with van der Waals surface area (Å²) in [5.74, 6) is -0.872. The molecule has 5 heteroatoms. The molecule has 104 valence electrons. The van der Waals surface area contributed by atoms with Crippen molar-refractivity contribution < 1.29 is 14.7 Å². The number of rotatable bonds is 7. The molecule has 0 bridgehead atoms. The Morgan fingerprint density at radius 2 is 1.84 bits per heavy atom. The average molecular weight is 264 g/mol. The molecule has 19 heavy (non-hydrogen) atoms. The molecule has 0 unspecified atom stereocenters. The van der Waals surface area contributed by atoms with Crippen LogP contribution in [-0.2, 0) is 11.3 Å². The summed E-state index contributed by atoms with van der Waals surface area (Å²) in [4.78, 5) is 23.7. The fourth-order valence-corrected chi connectivity index (χ4v) is 1.93. The zero-order valence-corrected chi connectivity index (χ0v) is 11.3. The first-order chi connectivity index (χ1) is 8.88. The maximum Gasteiger partial charge on any atom is 0.335 e. The number of benzene rings is 1. The van der Waals surface area contributed by atoms with E-state index in [-0.39, 0.29) is 18.0 Å². The van der Waals surface area contributed by atoms with Crippen molar-refractivity contribution in [3.05, 3.63) is 35.4 Å². The lowest BCUT2D eigenvalue weighted by atomic mass is 10.1. The summed E-state index contributed by atoms with van der Waals surface area (Å²) < 4.78 is 0. The van der Waals surface area contributed by atoms with E-state index in [1.807, 2.05) is 4.90 Å². The third kappa shape index (κ3) is 5.52. The highest BCUT2D eigenvalue weighted by atomic mass is 16.4. The number of carbonyl (C=O) groups excluding carboxylic acids is 1. The number of nitrogens with two attached hydrogens (primary N) is 1. The second-order valence-corrected chi connectivity index (χ2v) is 5.03. The molecule has 0 aliphatic rings. The Balaban J connectivity index is 2.72. The molecule has 5 nitrogen and oxygen atoms in total. The van der Waals surface area contributed by atoms with Crippen molar-refractivity contribution in [3.63, 3.8) is 0 Å². The molecule has 0 heterocycles. The van der Waals surface area contributed by atoms with Gasteiger partial charge in [-0.3, -0.25) is 9.69 Å². The zero-order valence-electron chi connectivity index (χ0n) is 11.3. The van der Waals surface area contributed by atoms with Gasteiger partial charge in [0.05, 0.1) is 12.1 Å². The van der Waals surface area contributed by atoms with E-state index >= 15 is 0 Å². The Morgan fingerprint density at radius 3 is 2.26 bits per heavy atom. The second-order valence-electron chi connectivity index (χ2n) is 5.03. The lowest BCUT2D eigenvalue weighted by Gasteiger charge is -2.22. The maximum absolute atomic E-state index is 11.0. The number of carbonyl (C=O) groups is 2. The average Bonchev–Trinajstić information content (AvgIpc) is 2.27. The topological polar surface area (TPSA) is 83.6 Å². The molecule has 0 saturated carbocycles. The van der Waals surface area contributed by atoms with Crippen molar-refractivity contribution in [1.29, 1.82) is 0 Å². The molecule has 0 aliphatic heterocycles. The summed E-state index contributed by atoms with van der Waals surface area (Å²) in [5, 5.41) is 8.82. The van der Waals surface area contributed by atoms with Crippen LogP contribution in [0.2, 0.25) is 0 Å². The number of hydrogen-bond acceptors (Lipinski definition) is 3. The fourth-order valence-electron chi connectivity index (χ4n) is 1.93. The molecule has 0 spiro atoms. The van der Waals surface area contributed by atoms with Crippen molar-refractivity contribution >= 4 is 11.9 Å². The fraction of sp³-hybridized carbons (Fsp3) is 0.429. The van der Waals surface area contributed by atoms with Gasteiger partial charge >= 0.3 is 5.97 Å². The van der Waals surface area contributed by atoms with Crippen molar-refractivity contribution in [1.82, 2.24) is 4.90 Å². The van der Waals surface area contributed by atoms with E-state index in [1.54, 1.807) is 24.3 Å². The molecule has 0 radical (unpaired) electrons. The monoisotopic (exact) mass is 264 g/mol. The van der Waals surface area contributed by atoms with Crippen LogP contribution in [0.1, 0.15) is 29.8 Å². The quantitative estimate of drug-likeness (QED) is 0.778. The van der Waals surface area contributed by atoms with E-state index in [0.29, 0.717) is 12.5 Å². The van der Waals surface area contributed by atoms with Gasteiger partial charge in [0.15, 0.2) is 0 Å². The molecule has 1 aromatic carbocycles. The normalized spacial score (nSPS) is 10.9. The van der Waals surface area contributed by atoms with E-state index in [1.165, 1.54) is 0 Å². The van der Waals surface area contributed by atoms with Crippen LogP contribution in [0.3, 0.4) is 0 Å². The van der Waals surface area contributed by atoms with Crippen LogP contribution in [0, 0.1) is 5.92 Å². The largest absolute Gasteiger partial charge is 0.478 e. The van der Waals surface area contributed by atoms with Gasteiger partial charge in [-0.05, 0) is 23.6 Å². The Labute approximate surface area is 113 Å². The van der Waals surface area contributed by atoms with Crippen molar-refractivity contribution in [2.24, 2.45) is 11.7 Å². The SMILES string of the molecule is CC(C)CN(CC(N)=O)Cc1ccc(C(=O)O)cc1. The lowest BCUT2D eigenvalue weighted by molar-refractivity contribution is -0.119. The minimum Gasteiger partial charge on any atom is -0.478 e. The van der Waals surface area contributed by atoms with Gasteiger partial charge < -0.3 is 10.8 Å². The second kappa shape index (κ2) is 6.89. The van der Waals surface area contributed by atoms with Gasteiger partial charge in [0.1, 0.15) is 0 Å². The maximum atomic E-state index is 11.0. The van der Waals surface area contributed by atoms with Crippen LogP contribution < -0.4 is 5.73 Å². The van der Waals surface area contributed by atoms with Crippen LogP contribution in [0.5, 0.6) is 0 Å². The molecular weight excluding hydrogens is 244 g/mol. The molecule has 1 aromatic rings. The molecule has 0 aromatic heterocycles.